The second kappa shape index (κ2) is 5.24. The molecule has 4 nitrogen and oxygen atoms in total. The second-order valence-corrected chi connectivity index (χ2v) is 4.02. The van der Waals surface area contributed by atoms with Crippen LogP contribution in [0.25, 0.3) is 0 Å². The van der Waals surface area contributed by atoms with Gasteiger partial charge in [-0.15, -0.1) is 0 Å². The number of hydrogen-bond donors (Lipinski definition) is 2. The van der Waals surface area contributed by atoms with Gasteiger partial charge in [-0.25, -0.2) is 19.2 Å². The van der Waals surface area contributed by atoms with Crippen molar-refractivity contribution in [1.82, 2.24) is 15.0 Å². The number of hydrogen-bond acceptors (Lipinski definition) is 3. The van der Waals surface area contributed by atoms with E-state index >= 15 is 0 Å². The number of aromatic nitrogens is 2. The smallest absolute Gasteiger partial charge is 0.129 e. The molecule has 0 aliphatic heterocycles. The summed E-state index contributed by atoms with van der Waals surface area (Å²) in [5.41, 5.74) is 2.53. The minimum atomic E-state index is -0.579. The zero-order valence-electron chi connectivity index (χ0n) is 9.90. The molecule has 0 radical (unpaired) electrons. The molecular weight excluding hydrogens is 238 g/mol. The monoisotopic (exact) mass is 252 g/mol. The highest BCUT2D eigenvalue weighted by Crippen LogP contribution is 2.20. The third kappa shape index (κ3) is 2.39. The lowest BCUT2D eigenvalue weighted by atomic mass is 10.0. The van der Waals surface area contributed by atoms with Gasteiger partial charge in [-0.05, 0) is 12.1 Å². The van der Waals surface area contributed by atoms with Gasteiger partial charge in [0.25, 0.3) is 0 Å². The number of nitrogens with one attached hydrogen (secondary N) is 1. The van der Waals surface area contributed by atoms with Crippen LogP contribution in [0.5, 0.6) is 0 Å². The molecule has 1 unspecified atom stereocenters. The molecule has 3 N–H and O–H groups in total. The zero-order valence-corrected chi connectivity index (χ0v) is 9.90. The number of benzene rings is 1. The van der Waals surface area contributed by atoms with Crippen LogP contribution in [0.2, 0.25) is 0 Å². The predicted octanol–water partition coefficient (Wildman–Crippen LogP) is 1.45. The highest BCUT2D eigenvalue weighted by Gasteiger charge is 2.19. The molecule has 0 spiro atoms. The van der Waals surface area contributed by atoms with Crippen molar-refractivity contribution in [3.63, 3.8) is 0 Å². The molecule has 2 rings (SSSR count). The van der Waals surface area contributed by atoms with E-state index in [1.165, 1.54) is 18.2 Å². The molecule has 1 heterocycles. The first-order chi connectivity index (χ1) is 8.63. The zero-order chi connectivity index (χ0) is 13.1. The van der Waals surface area contributed by atoms with Crippen LogP contribution in [0, 0.1) is 11.6 Å². The van der Waals surface area contributed by atoms with Gasteiger partial charge in [0.2, 0.25) is 0 Å². The SMILES string of the molecule is Cn1ccnc1C(Cc1c(F)cccc1F)NN. The Morgan fingerprint density at radius 3 is 2.56 bits per heavy atom. The number of aryl methyl sites for hydroxylation is 1. The first-order valence-electron chi connectivity index (χ1n) is 5.49. The van der Waals surface area contributed by atoms with Gasteiger partial charge >= 0.3 is 0 Å². The first-order valence-corrected chi connectivity index (χ1v) is 5.49. The maximum absolute atomic E-state index is 13.6. The average molecular weight is 252 g/mol. The van der Waals surface area contributed by atoms with Gasteiger partial charge in [0.1, 0.15) is 17.5 Å². The summed E-state index contributed by atoms with van der Waals surface area (Å²) in [6, 6.07) is 3.34. The van der Waals surface area contributed by atoms with Crippen LogP contribution >= 0.6 is 0 Å². The van der Waals surface area contributed by atoms with E-state index in [0.29, 0.717) is 5.82 Å². The summed E-state index contributed by atoms with van der Waals surface area (Å²) in [5, 5.41) is 0. The molecule has 2 aromatic rings. The van der Waals surface area contributed by atoms with Crippen molar-refractivity contribution >= 4 is 0 Å². The topological polar surface area (TPSA) is 55.9 Å². The summed E-state index contributed by atoms with van der Waals surface area (Å²) >= 11 is 0. The van der Waals surface area contributed by atoms with Crippen LogP contribution in [0.4, 0.5) is 8.78 Å². The summed E-state index contributed by atoms with van der Waals surface area (Å²) in [7, 11) is 1.80. The largest absolute Gasteiger partial charge is 0.337 e. The van der Waals surface area contributed by atoms with Crippen molar-refractivity contribution in [3.05, 3.63) is 53.6 Å². The van der Waals surface area contributed by atoms with Crippen LogP contribution in [0.15, 0.2) is 30.6 Å². The van der Waals surface area contributed by atoms with Crippen molar-refractivity contribution in [2.75, 3.05) is 0 Å². The molecule has 0 fully saturated rings. The van der Waals surface area contributed by atoms with Crippen LogP contribution in [0.1, 0.15) is 17.4 Å². The molecule has 0 amide bonds. The average Bonchev–Trinajstić information content (AvgIpc) is 2.76. The molecule has 1 aromatic carbocycles. The van der Waals surface area contributed by atoms with Gasteiger partial charge in [-0.3, -0.25) is 5.84 Å². The molecule has 0 aliphatic carbocycles. The van der Waals surface area contributed by atoms with Crippen molar-refractivity contribution in [2.45, 2.75) is 12.5 Å². The normalized spacial score (nSPS) is 12.7. The molecule has 6 heteroatoms. The van der Waals surface area contributed by atoms with Gasteiger partial charge < -0.3 is 4.57 Å². The maximum atomic E-state index is 13.6. The molecule has 0 saturated heterocycles. The third-order valence-electron chi connectivity index (χ3n) is 2.84. The highest BCUT2D eigenvalue weighted by molar-refractivity contribution is 5.22. The van der Waals surface area contributed by atoms with Gasteiger partial charge in [0.15, 0.2) is 0 Å². The quantitative estimate of drug-likeness (QED) is 0.639. The van der Waals surface area contributed by atoms with E-state index in [1.54, 1.807) is 24.0 Å². The number of nitrogens with two attached hydrogens (primary N) is 1. The fraction of sp³-hybridized carbons (Fsp3) is 0.250. The molecule has 1 atom stereocenters. The van der Waals surface area contributed by atoms with Crippen molar-refractivity contribution in [2.24, 2.45) is 12.9 Å². The summed E-state index contributed by atoms with van der Waals surface area (Å²) < 4.78 is 28.9. The number of halogens is 2. The standard InChI is InChI=1S/C12H14F2N4/c1-18-6-5-16-12(18)11(17-15)7-8-9(13)3-2-4-10(8)14/h2-6,11,17H,7,15H2,1H3. The molecule has 1 aromatic heterocycles. The highest BCUT2D eigenvalue weighted by atomic mass is 19.1. The summed E-state index contributed by atoms with van der Waals surface area (Å²) in [6.45, 7) is 0. The van der Waals surface area contributed by atoms with Gasteiger partial charge in [0, 0.05) is 31.4 Å². The van der Waals surface area contributed by atoms with E-state index in [1.807, 2.05) is 0 Å². The van der Waals surface area contributed by atoms with Crippen molar-refractivity contribution in [3.8, 4) is 0 Å². The minimum Gasteiger partial charge on any atom is -0.337 e. The molecular formula is C12H14F2N4. The van der Waals surface area contributed by atoms with Crippen molar-refractivity contribution < 1.29 is 8.78 Å². The van der Waals surface area contributed by atoms with E-state index in [2.05, 4.69) is 10.4 Å². The number of nitrogens with zero attached hydrogens (tertiary/aromatic N) is 2. The number of hydrazine groups is 1. The Kier molecular flexibility index (Phi) is 3.69. The third-order valence-corrected chi connectivity index (χ3v) is 2.84. The summed E-state index contributed by atoms with van der Waals surface area (Å²) in [6.07, 6.45) is 3.45. The van der Waals surface area contributed by atoms with E-state index in [9.17, 15) is 8.78 Å². The van der Waals surface area contributed by atoms with Crippen LogP contribution in [-0.4, -0.2) is 9.55 Å². The summed E-state index contributed by atoms with van der Waals surface area (Å²) in [5.74, 6) is 4.90. The van der Waals surface area contributed by atoms with E-state index in [4.69, 9.17) is 5.84 Å². The molecule has 18 heavy (non-hydrogen) atoms. The second-order valence-electron chi connectivity index (χ2n) is 4.02. The molecule has 0 saturated carbocycles. The maximum Gasteiger partial charge on any atom is 0.129 e. The fourth-order valence-corrected chi connectivity index (χ4v) is 1.87. The molecule has 0 bridgehead atoms. The lowest BCUT2D eigenvalue weighted by Crippen LogP contribution is -2.32. The first kappa shape index (κ1) is 12.7. The lowest BCUT2D eigenvalue weighted by molar-refractivity contribution is 0.475. The van der Waals surface area contributed by atoms with Gasteiger partial charge in [-0.2, -0.15) is 0 Å². The Bertz CT molecular complexity index is 518. The molecule has 96 valence electrons. The van der Waals surface area contributed by atoms with Crippen molar-refractivity contribution in [1.29, 1.82) is 0 Å². The molecule has 0 aliphatic rings. The number of rotatable bonds is 4. The summed E-state index contributed by atoms with van der Waals surface area (Å²) in [4.78, 5) is 4.12. The van der Waals surface area contributed by atoms with Crippen LogP contribution in [-0.2, 0) is 13.5 Å². The van der Waals surface area contributed by atoms with Crippen LogP contribution in [0.3, 0.4) is 0 Å². The fourth-order valence-electron chi connectivity index (χ4n) is 1.87. The van der Waals surface area contributed by atoms with E-state index in [0.717, 1.165) is 0 Å². The Balaban J connectivity index is 2.29. The van der Waals surface area contributed by atoms with Gasteiger partial charge in [-0.1, -0.05) is 6.07 Å². The lowest BCUT2D eigenvalue weighted by Gasteiger charge is -2.16. The Hall–Kier alpha value is -1.79. The van der Waals surface area contributed by atoms with E-state index < -0.39 is 17.7 Å². The van der Waals surface area contributed by atoms with Crippen LogP contribution < -0.4 is 11.3 Å². The number of imidazole rings is 1. The Morgan fingerprint density at radius 2 is 2.06 bits per heavy atom. The van der Waals surface area contributed by atoms with Gasteiger partial charge in [0.05, 0.1) is 6.04 Å². The predicted molar refractivity (Wildman–Crippen MR) is 63.3 cm³/mol. The Labute approximate surface area is 103 Å². The Morgan fingerprint density at radius 1 is 1.39 bits per heavy atom. The minimum absolute atomic E-state index is 0.00319. The van der Waals surface area contributed by atoms with E-state index in [-0.39, 0.29) is 12.0 Å².